The summed E-state index contributed by atoms with van der Waals surface area (Å²) in [6, 6.07) is 6.18. The molecule has 0 saturated heterocycles. The minimum atomic E-state index is -0.0903. The largest absolute Gasteiger partial charge is 0.325 e. The van der Waals surface area contributed by atoms with Gasteiger partial charge in [0, 0.05) is 22.8 Å². The molecular weight excluding hydrogens is 378 g/mol. The van der Waals surface area contributed by atoms with Crippen LogP contribution in [0.2, 0.25) is 0 Å². The molecule has 7 heteroatoms. The normalized spacial score (nSPS) is 13.3. The number of benzene rings is 1. The predicted molar refractivity (Wildman–Crippen MR) is 114 cm³/mol. The Morgan fingerprint density at radius 1 is 1.22 bits per heavy atom. The number of nitrogens with one attached hydrogen (secondary N) is 2. The van der Waals surface area contributed by atoms with E-state index in [2.05, 4.69) is 55.1 Å². The Hall–Kier alpha value is -1.73. The van der Waals surface area contributed by atoms with Gasteiger partial charge in [-0.15, -0.1) is 0 Å². The third-order valence-corrected chi connectivity index (χ3v) is 6.39. The monoisotopic (exact) mass is 403 g/mol. The van der Waals surface area contributed by atoms with Gasteiger partial charge in [-0.1, -0.05) is 57.7 Å². The van der Waals surface area contributed by atoms with Gasteiger partial charge in [0.25, 0.3) is 5.56 Å². The minimum absolute atomic E-state index is 0.0832. The molecule has 0 radical (unpaired) electrons. The van der Waals surface area contributed by atoms with Crippen LogP contribution in [0.1, 0.15) is 61.9 Å². The van der Waals surface area contributed by atoms with Gasteiger partial charge in [0.1, 0.15) is 0 Å². The van der Waals surface area contributed by atoms with Gasteiger partial charge in [-0.25, -0.2) is 4.98 Å². The summed E-state index contributed by atoms with van der Waals surface area (Å²) < 4.78 is 0. The molecule has 144 valence electrons. The number of carbonyl (C=O) groups is 1. The number of para-hydroxylation sites is 1. The Morgan fingerprint density at radius 3 is 2.52 bits per heavy atom. The molecule has 0 aliphatic carbocycles. The van der Waals surface area contributed by atoms with Gasteiger partial charge in [-0.2, -0.15) is 11.8 Å². The SMILES string of the molecule is CC(C)c1cccc(C(C)C)c1NC(=O)CSc1nc2c(c(=O)[nH]1)CSC2. The van der Waals surface area contributed by atoms with Crippen LogP contribution in [0.4, 0.5) is 5.69 Å². The van der Waals surface area contributed by atoms with Crippen molar-refractivity contribution in [3.63, 3.8) is 0 Å². The summed E-state index contributed by atoms with van der Waals surface area (Å²) in [5.41, 5.74) is 4.72. The number of anilines is 1. The highest BCUT2D eigenvalue weighted by Crippen LogP contribution is 2.32. The second kappa shape index (κ2) is 8.52. The van der Waals surface area contributed by atoms with E-state index in [0.29, 0.717) is 22.7 Å². The van der Waals surface area contributed by atoms with Crippen molar-refractivity contribution in [2.75, 3.05) is 11.1 Å². The lowest BCUT2D eigenvalue weighted by Gasteiger charge is -2.20. The van der Waals surface area contributed by atoms with Crippen molar-refractivity contribution in [3.05, 3.63) is 50.9 Å². The van der Waals surface area contributed by atoms with Crippen LogP contribution in [0.3, 0.4) is 0 Å². The van der Waals surface area contributed by atoms with Gasteiger partial charge < -0.3 is 10.3 Å². The number of carbonyl (C=O) groups excluding carboxylic acids is 1. The molecule has 5 nitrogen and oxygen atoms in total. The van der Waals surface area contributed by atoms with E-state index >= 15 is 0 Å². The number of hydrogen-bond acceptors (Lipinski definition) is 5. The average molecular weight is 404 g/mol. The van der Waals surface area contributed by atoms with Crippen molar-refractivity contribution in [2.24, 2.45) is 0 Å². The molecule has 0 spiro atoms. The highest BCUT2D eigenvalue weighted by molar-refractivity contribution is 7.99. The number of rotatable bonds is 6. The summed E-state index contributed by atoms with van der Waals surface area (Å²) in [6.45, 7) is 8.50. The van der Waals surface area contributed by atoms with Crippen LogP contribution in [-0.2, 0) is 16.3 Å². The molecule has 1 amide bonds. The molecule has 1 aromatic carbocycles. The number of aromatic nitrogens is 2. The third kappa shape index (κ3) is 4.58. The number of thioether (sulfide) groups is 2. The lowest BCUT2D eigenvalue weighted by molar-refractivity contribution is -0.113. The van der Waals surface area contributed by atoms with Gasteiger partial charge in [-0.05, 0) is 23.0 Å². The Morgan fingerprint density at radius 2 is 1.89 bits per heavy atom. The summed E-state index contributed by atoms with van der Waals surface area (Å²) in [6.07, 6.45) is 0. The average Bonchev–Trinajstić information content (AvgIpc) is 3.09. The number of amides is 1. The predicted octanol–water partition coefficient (Wildman–Crippen LogP) is 4.49. The fourth-order valence-corrected chi connectivity index (χ4v) is 4.83. The van der Waals surface area contributed by atoms with E-state index in [1.165, 1.54) is 11.8 Å². The Kier molecular flexibility index (Phi) is 6.32. The lowest BCUT2D eigenvalue weighted by atomic mass is 9.92. The highest BCUT2D eigenvalue weighted by atomic mass is 32.2. The standard InChI is InChI=1S/C20H25N3O2S2/c1-11(2)13-6-5-7-14(12(3)4)18(13)22-17(24)10-27-20-21-16-9-26-8-15(16)19(25)23-20/h5-7,11-12H,8-10H2,1-4H3,(H,22,24)(H,21,23,25). The first-order valence-corrected chi connectivity index (χ1v) is 11.3. The first-order valence-electron chi connectivity index (χ1n) is 9.12. The molecule has 2 aromatic rings. The smallest absolute Gasteiger partial charge is 0.255 e. The molecule has 1 aliphatic heterocycles. The highest BCUT2D eigenvalue weighted by Gasteiger charge is 2.19. The van der Waals surface area contributed by atoms with Crippen LogP contribution in [0.25, 0.3) is 0 Å². The van der Waals surface area contributed by atoms with Crippen molar-refractivity contribution < 1.29 is 4.79 Å². The van der Waals surface area contributed by atoms with Gasteiger partial charge in [0.2, 0.25) is 5.91 Å². The van der Waals surface area contributed by atoms with E-state index in [0.717, 1.165) is 33.8 Å². The quantitative estimate of drug-likeness (QED) is 0.549. The zero-order chi connectivity index (χ0) is 19.6. The molecule has 2 heterocycles. The van der Waals surface area contributed by atoms with Gasteiger partial charge in [0.15, 0.2) is 5.16 Å². The van der Waals surface area contributed by atoms with E-state index in [-0.39, 0.29) is 17.2 Å². The summed E-state index contributed by atoms with van der Waals surface area (Å²) >= 11 is 2.96. The molecular formula is C20H25N3O2S2. The first kappa shape index (κ1) is 20.0. The van der Waals surface area contributed by atoms with Gasteiger partial charge >= 0.3 is 0 Å². The van der Waals surface area contributed by atoms with E-state index in [4.69, 9.17) is 0 Å². The molecule has 1 aromatic heterocycles. The maximum atomic E-state index is 12.6. The number of aromatic amines is 1. The number of hydrogen-bond donors (Lipinski definition) is 2. The zero-order valence-electron chi connectivity index (χ0n) is 16.1. The molecule has 2 N–H and O–H groups in total. The van der Waals surface area contributed by atoms with Crippen LogP contribution < -0.4 is 10.9 Å². The summed E-state index contributed by atoms with van der Waals surface area (Å²) in [7, 11) is 0. The van der Waals surface area contributed by atoms with Crippen molar-refractivity contribution in [1.29, 1.82) is 0 Å². The van der Waals surface area contributed by atoms with Crippen molar-refractivity contribution in [1.82, 2.24) is 9.97 Å². The second-order valence-corrected chi connectivity index (χ2v) is 9.20. The summed E-state index contributed by atoms with van der Waals surface area (Å²) in [5, 5.41) is 3.61. The third-order valence-electron chi connectivity index (χ3n) is 4.54. The molecule has 3 rings (SSSR count). The number of H-pyrrole nitrogens is 1. The fraction of sp³-hybridized carbons (Fsp3) is 0.450. The minimum Gasteiger partial charge on any atom is -0.325 e. The molecule has 0 saturated carbocycles. The Balaban J connectivity index is 1.73. The topological polar surface area (TPSA) is 74.8 Å². The van der Waals surface area contributed by atoms with Gasteiger partial charge in [0.05, 0.1) is 11.4 Å². The molecule has 0 atom stereocenters. The molecule has 0 fully saturated rings. The molecule has 0 unspecified atom stereocenters. The van der Waals surface area contributed by atoms with Crippen LogP contribution in [0, 0.1) is 0 Å². The zero-order valence-corrected chi connectivity index (χ0v) is 17.7. The maximum absolute atomic E-state index is 12.6. The lowest BCUT2D eigenvalue weighted by Crippen LogP contribution is -2.19. The molecule has 27 heavy (non-hydrogen) atoms. The van der Waals surface area contributed by atoms with E-state index in [1.54, 1.807) is 11.8 Å². The number of nitrogens with zero attached hydrogens (tertiary/aromatic N) is 1. The van der Waals surface area contributed by atoms with Crippen LogP contribution >= 0.6 is 23.5 Å². The summed E-state index contributed by atoms with van der Waals surface area (Å²) in [4.78, 5) is 32.0. The Bertz CT molecular complexity index is 880. The Labute approximate surface area is 168 Å². The molecule has 1 aliphatic rings. The molecule has 0 bridgehead atoms. The van der Waals surface area contributed by atoms with E-state index in [1.807, 2.05) is 6.07 Å². The summed E-state index contributed by atoms with van der Waals surface area (Å²) in [5.74, 6) is 2.23. The second-order valence-electron chi connectivity index (χ2n) is 7.25. The van der Waals surface area contributed by atoms with Crippen molar-refractivity contribution >= 4 is 35.1 Å². The van der Waals surface area contributed by atoms with Gasteiger partial charge in [-0.3, -0.25) is 9.59 Å². The first-order chi connectivity index (χ1) is 12.9. The van der Waals surface area contributed by atoms with Crippen molar-refractivity contribution in [2.45, 2.75) is 56.2 Å². The maximum Gasteiger partial charge on any atom is 0.255 e. The van der Waals surface area contributed by atoms with Crippen LogP contribution in [0.15, 0.2) is 28.2 Å². The van der Waals surface area contributed by atoms with Crippen molar-refractivity contribution in [3.8, 4) is 0 Å². The van der Waals surface area contributed by atoms with Crippen LogP contribution in [0.5, 0.6) is 0 Å². The fourth-order valence-electron chi connectivity index (χ4n) is 3.11. The van der Waals surface area contributed by atoms with E-state index in [9.17, 15) is 9.59 Å². The number of fused-ring (bicyclic) bond motifs is 1. The van der Waals surface area contributed by atoms with Crippen LogP contribution in [-0.4, -0.2) is 21.6 Å². The van der Waals surface area contributed by atoms with E-state index < -0.39 is 0 Å².